The van der Waals surface area contributed by atoms with E-state index in [0.29, 0.717) is 11.5 Å². The lowest BCUT2D eigenvalue weighted by atomic mass is 10.1. The summed E-state index contributed by atoms with van der Waals surface area (Å²) in [6.07, 6.45) is 1.62. The lowest BCUT2D eigenvalue weighted by molar-refractivity contribution is -0.133. The zero-order chi connectivity index (χ0) is 15.4. The summed E-state index contributed by atoms with van der Waals surface area (Å²) in [5.74, 6) is -1.11. The fourth-order valence-corrected chi connectivity index (χ4v) is 1.85. The first kappa shape index (κ1) is 14.7. The van der Waals surface area contributed by atoms with Crippen molar-refractivity contribution in [3.05, 3.63) is 53.2 Å². The number of amides is 2. The van der Waals surface area contributed by atoms with Gasteiger partial charge in [-0.3, -0.25) is 9.59 Å². The molecule has 0 fully saturated rings. The van der Waals surface area contributed by atoms with Crippen molar-refractivity contribution in [3.8, 4) is 0 Å². The summed E-state index contributed by atoms with van der Waals surface area (Å²) >= 11 is 0. The van der Waals surface area contributed by atoms with E-state index in [-0.39, 0.29) is 0 Å². The number of aromatic nitrogens is 1. The van der Waals surface area contributed by atoms with Crippen LogP contribution in [0.5, 0.6) is 0 Å². The molecule has 0 radical (unpaired) electrons. The van der Waals surface area contributed by atoms with Crippen LogP contribution in [0.4, 0.5) is 11.5 Å². The van der Waals surface area contributed by atoms with Crippen LogP contribution in [0.3, 0.4) is 0 Å². The standard InChI is InChI=1S/C16H17N3O2/c1-10-4-6-13(12(3)8-10)18-15(20)16(21)19-14-7-5-11(2)9-17-14/h4-9H,1-3H3,(H,18,20)(H,17,19,21). The van der Waals surface area contributed by atoms with Crippen molar-refractivity contribution in [2.24, 2.45) is 0 Å². The van der Waals surface area contributed by atoms with E-state index in [1.807, 2.05) is 39.0 Å². The molecule has 2 aromatic rings. The third-order valence-corrected chi connectivity index (χ3v) is 2.99. The van der Waals surface area contributed by atoms with Gasteiger partial charge in [-0.05, 0) is 44.0 Å². The summed E-state index contributed by atoms with van der Waals surface area (Å²) in [4.78, 5) is 27.7. The lowest BCUT2D eigenvalue weighted by Crippen LogP contribution is -2.29. The Morgan fingerprint density at radius 3 is 2.19 bits per heavy atom. The van der Waals surface area contributed by atoms with Gasteiger partial charge in [-0.2, -0.15) is 0 Å². The number of benzene rings is 1. The molecule has 0 bridgehead atoms. The lowest BCUT2D eigenvalue weighted by Gasteiger charge is -2.09. The van der Waals surface area contributed by atoms with E-state index in [0.717, 1.165) is 16.7 Å². The maximum Gasteiger partial charge on any atom is 0.315 e. The van der Waals surface area contributed by atoms with Gasteiger partial charge in [-0.1, -0.05) is 23.8 Å². The van der Waals surface area contributed by atoms with Gasteiger partial charge < -0.3 is 10.6 Å². The Bertz CT molecular complexity index is 678. The number of anilines is 2. The van der Waals surface area contributed by atoms with Crippen LogP contribution < -0.4 is 10.6 Å². The predicted molar refractivity (Wildman–Crippen MR) is 82.1 cm³/mol. The average molecular weight is 283 g/mol. The number of carbonyl (C=O) groups is 2. The highest BCUT2D eigenvalue weighted by Crippen LogP contribution is 2.16. The number of pyridine rings is 1. The summed E-state index contributed by atoms with van der Waals surface area (Å²) in [7, 11) is 0. The molecular formula is C16H17N3O2. The molecule has 0 atom stereocenters. The maximum absolute atomic E-state index is 11.9. The Morgan fingerprint density at radius 2 is 1.57 bits per heavy atom. The smallest absolute Gasteiger partial charge is 0.315 e. The quantitative estimate of drug-likeness (QED) is 0.832. The summed E-state index contributed by atoms with van der Waals surface area (Å²) in [5.41, 5.74) is 3.61. The van der Waals surface area contributed by atoms with E-state index in [1.54, 1.807) is 18.3 Å². The van der Waals surface area contributed by atoms with Crippen LogP contribution in [0.25, 0.3) is 0 Å². The van der Waals surface area contributed by atoms with Crippen LogP contribution in [0.2, 0.25) is 0 Å². The first-order valence-electron chi connectivity index (χ1n) is 6.58. The zero-order valence-electron chi connectivity index (χ0n) is 12.2. The summed E-state index contributed by atoms with van der Waals surface area (Å²) in [6.45, 7) is 5.74. The molecule has 21 heavy (non-hydrogen) atoms. The minimum absolute atomic E-state index is 0.348. The van der Waals surface area contributed by atoms with Crippen molar-refractivity contribution in [3.63, 3.8) is 0 Å². The molecule has 0 saturated heterocycles. The SMILES string of the molecule is Cc1ccc(NC(=O)C(=O)Nc2ccc(C)cc2C)nc1. The Labute approximate surface area is 123 Å². The molecule has 2 N–H and O–H groups in total. The molecule has 0 unspecified atom stereocenters. The molecule has 0 aliphatic carbocycles. The Kier molecular flexibility index (Phi) is 4.33. The number of hydrogen-bond acceptors (Lipinski definition) is 3. The molecule has 0 spiro atoms. The van der Waals surface area contributed by atoms with E-state index >= 15 is 0 Å². The highest BCUT2D eigenvalue weighted by molar-refractivity contribution is 6.43. The zero-order valence-corrected chi connectivity index (χ0v) is 12.2. The fraction of sp³-hybridized carbons (Fsp3) is 0.188. The van der Waals surface area contributed by atoms with E-state index in [9.17, 15) is 9.59 Å². The topological polar surface area (TPSA) is 71.1 Å². The average Bonchev–Trinajstić information content (AvgIpc) is 2.44. The molecule has 1 heterocycles. The Hall–Kier alpha value is -2.69. The van der Waals surface area contributed by atoms with Crippen molar-refractivity contribution in [1.29, 1.82) is 0 Å². The largest absolute Gasteiger partial charge is 0.318 e. The number of hydrogen-bond donors (Lipinski definition) is 2. The number of aryl methyl sites for hydroxylation is 3. The van der Waals surface area contributed by atoms with Crippen molar-refractivity contribution in [2.75, 3.05) is 10.6 Å². The van der Waals surface area contributed by atoms with Gasteiger partial charge in [0.25, 0.3) is 0 Å². The van der Waals surface area contributed by atoms with Crippen LogP contribution in [0.1, 0.15) is 16.7 Å². The fourth-order valence-electron chi connectivity index (χ4n) is 1.85. The van der Waals surface area contributed by atoms with E-state index < -0.39 is 11.8 Å². The molecule has 0 saturated carbocycles. The molecule has 1 aromatic heterocycles. The second-order valence-electron chi connectivity index (χ2n) is 4.95. The maximum atomic E-state index is 11.9. The number of rotatable bonds is 2. The van der Waals surface area contributed by atoms with Crippen molar-refractivity contribution in [2.45, 2.75) is 20.8 Å². The molecule has 0 aliphatic rings. The number of carbonyl (C=O) groups excluding carboxylic acids is 2. The van der Waals surface area contributed by atoms with Gasteiger partial charge in [-0.15, -0.1) is 0 Å². The molecule has 0 aliphatic heterocycles. The first-order valence-corrected chi connectivity index (χ1v) is 6.58. The van der Waals surface area contributed by atoms with Crippen LogP contribution in [-0.4, -0.2) is 16.8 Å². The third kappa shape index (κ3) is 3.89. The van der Waals surface area contributed by atoms with Crippen LogP contribution in [-0.2, 0) is 9.59 Å². The number of nitrogens with one attached hydrogen (secondary N) is 2. The molecule has 5 heteroatoms. The third-order valence-electron chi connectivity index (χ3n) is 2.99. The van der Waals surface area contributed by atoms with Crippen LogP contribution in [0.15, 0.2) is 36.5 Å². The van der Waals surface area contributed by atoms with Gasteiger partial charge in [0.2, 0.25) is 0 Å². The highest BCUT2D eigenvalue weighted by Gasteiger charge is 2.15. The molecule has 2 rings (SSSR count). The van der Waals surface area contributed by atoms with E-state index in [4.69, 9.17) is 0 Å². The van der Waals surface area contributed by atoms with Gasteiger partial charge in [0.05, 0.1) is 0 Å². The van der Waals surface area contributed by atoms with Crippen molar-refractivity contribution >= 4 is 23.3 Å². The summed E-state index contributed by atoms with van der Waals surface area (Å²) < 4.78 is 0. The molecule has 1 aromatic carbocycles. The van der Waals surface area contributed by atoms with E-state index in [1.165, 1.54) is 0 Å². The van der Waals surface area contributed by atoms with Gasteiger partial charge in [0.15, 0.2) is 0 Å². The normalized spacial score (nSPS) is 10.0. The van der Waals surface area contributed by atoms with Crippen molar-refractivity contribution in [1.82, 2.24) is 4.98 Å². The van der Waals surface area contributed by atoms with Gasteiger partial charge >= 0.3 is 11.8 Å². The van der Waals surface area contributed by atoms with Gasteiger partial charge in [0, 0.05) is 11.9 Å². The molecule has 5 nitrogen and oxygen atoms in total. The molecule has 108 valence electrons. The van der Waals surface area contributed by atoms with Crippen molar-refractivity contribution < 1.29 is 9.59 Å². The predicted octanol–water partition coefficient (Wildman–Crippen LogP) is 2.58. The van der Waals surface area contributed by atoms with Gasteiger partial charge in [-0.25, -0.2) is 4.98 Å². The Balaban J connectivity index is 2.02. The van der Waals surface area contributed by atoms with Crippen LogP contribution in [0, 0.1) is 20.8 Å². The van der Waals surface area contributed by atoms with Gasteiger partial charge in [0.1, 0.15) is 5.82 Å². The molecule has 2 amide bonds. The molecular weight excluding hydrogens is 266 g/mol. The Morgan fingerprint density at radius 1 is 0.905 bits per heavy atom. The first-order chi connectivity index (χ1) is 9.95. The minimum Gasteiger partial charge on any atom is -0.318 e. The highest BCUT2D eigenvalue weighted by atomic mass is 16.2. The summed E-state index contributed by atoms with van der Waals surface area (Å²) in [5, 5.41) is 5.05. The second-order valence-corrected chi connectivity index (χ2v) is 4.95. The minimum atomic E-state index is -0.744. The van der Waals surface area contributed by atoms with Crippen LogP contribution >= 0.6 is 0 Å². The van der Waals surface area contributed by atoms with E-state index in [2.05, 4.69) is 15.6 Å². The monoisotopic (exact) mass is 283 g/mol. The summed E-state index contributed by atoms with van der Waals surface area (Å²) in [6, 6.07) is 9.05. The second kappa shape index (κ2) is 6.17. The number of nitrogens with zero attached hydrogens (tertiary/aromatic N) is 1.